The number of ether oxygens (including phenoxy) is 1. The second-order valence-electron chi connectivity index (χ2n) is 8.04. The summed E-state index contributed by atoms with van der Waals surface area (Å²) < 4.78 is 29.1. The number of benzene rings is 1. The van der Waals surface area contributed by atoms with Crippen molar-refractivity contribution in [2.24, 2.45) is 5.92 Å². The van der Waals surface area contributed by atoms with Crippen LogP contribution in [0.4, 0.5) is 0 Å². The molecule has 1 atom stereocenters. The number of hydrogen-bond donors (Lipinski definition) is 2. The SMILES string of the molecule is CC(=O)N[C@](C)(C(=O)NCc1ccnc(OCC2CC2)c1)c1ccc(S(C)(=O)=O)cc1. The van der Waals surface area contributed by atoms with E-state index >= 15 is 0 Å². The van der Waals surface area contributed by atoms with Crippen LogP contribution in [0.1, 0.15) is 37.8 Å². The van der Waals surface area contributed by atoms with Crippen molar-refractivity contribution < 1.29 is 22.7 Å². The smallest absolute Gasteiger partial charge is 0.250 e. The van der Waals surface area contributed by atoms with Gasteiger partial charge >= 0.3 is 0 Å². The van der Waals surface area contributed by atoms with E-state index in [1.807, 2.05) is 0 Å². The molecule has 1 fully saturated rings. The van der Waals surface area contributed by atoms with Gasteiger partial charge in [-0.3, -0.25) is 9.59 Å². The lowest BCUT2D eigenvalue weighted by atomic mass is 9.90. The van der Waals surface area contributed by atoms with Crippen molar-refractivity contribution in [3.8, 4) is 5.88 Å². The van der Waals surface area contributed by atoms with E-state index in [4.69, 9.17) is 4.74 Å². The minimum absolute atomic E-state index is 0.136. The number of carbonyl (C=O) groups is 2. The van der Waals surface area contributed by atoms with Crippen molar-refractivity contribution in [3.05, 3.63) is 53.7 Å². The van der Waals surface area contributed by atoms with Gasteiger partial charge in [-0.15, -0.1) is 0 Å². The molecule has 1 heterocycles. The molecule has 0 spiro atoms. The summed E-state index contributed by atoms with van der Waals surface area (Å²) in [6.07, 6.45) is 5.10. The maximum absolute atomic E-state index is 13.1. The lowest BCUT2D eigenvalue weighted by Crippen LogP contribution is -2.53. The summed E-state index contributed by atoms with van der Waals surface area (Å²) in [7, 11) is -3.37. The molecule has 0 radical (unpaired) electrons. The standard InChI is InChI=1S/C22H27N3O5S/c1-15(26)25-22(2,18-6-8-19(9-7-18)31(3,28)29)21(27)24-13-17-10-11-23-20(12-17)30-14-16-4-5-16/h6-12,16H,4-5,13-14H2,1-3H3,(H,24,27)(H,25,26)/t22-/m0/s1. The van der Waals surface area contributed by atoms with Crippen LogP contribution in [0.5, 0.6) is 5.88 Å². The molecule has 9 heteroatoms. The Bertz CT molecular complexity index is 1060. The normalized spacial score (nSPS) is 15.6. The lowest BCUT2D eigenvalue weighted by molar-refractivity contribution is -0.132. The Kier molecular flexibility index (Phi) is 6.64. The Morgan fingerprint density at radius 3 is 2.45 bits per heavy atom. The lowest BCUT2D eigenvalue weighted by Gasteiger charge is -2.30. The van der Waals surface area contributed by atoms with Crippen molar-refractivity contribution in [2.75, 3.05) is 12.9 Å². The molecule has 0 saturated heterocycles. The highest BCUT2D eigenvalue weighted by molar-refractivity contribution is 7.90. The molecule has 2 aromatic rings. The van der Waals surface area contributed by atoms with Gasteiger partial charge in [-0.1, -0.05) is 12.1 Å². The number of hydrogen-bond acceptors (Lipinski definition) is 6. The first-order valence-electron chi connectivity index (χ1n) is 10.0. The number of carbonyl (C=O) groups excluding carboxylic acids is 2. The number of nitrogens with zero attached hydrogens (tertiary/aromatic N) is 1. The first-order valence-corrected chi connectivity index (χ1v) is 11.9. The Morgan fingerprint density at radius 2 is 1.87 bits per heavy atom. The van der Waals surface area contributed by atoms with Crippen LogP contribution in [0.3, 0.4) is 0 Å². The summed E-state index contributed by atoms with van der Waals surface area (Å²) in [6, 6.07) is 9.46. The number of amides is 2. The first kappa shape index (κ1) is 22.7. The van der Waals surface area contributed by atoms with Crippen molar-refractivity contribution in [1.29, 1.82) is 0 Å². The van der Waals surface area contributed by atoms with Crippen molar-refractivity contribution in [3.63, 3.8) is 0 Å². The molecule has 3 rings (SSSR count). The third kappa shape index (κ3) is 6.04. The molecular weight excluding hydrogens is 418 g/mol. The zero-order valence-corrected chi connectivity index (χ0v) is 18.7. The largest absolute Gasteiger partial charge is 0.477 e. The first-order chi connectivity index (χ1) is 14.6. The second kappa shape index (κ2) is 9.05. The molecule has 2 N–H and O–H groups in total. The van der Waals surface area contributed by atoms with Gasteiger partial charge in [-0.25, -0.2) is 13.4 Å². The number of aromatic nitrogens is 1. The summed E-state index contributed by atoms with van der Waals surface area (Å²) in [5, 5.41) is 5.52. The summed E-state index contributed by atoms with van der Waals surface area (Å²) in [5.74, 6) is 0.314. The van der Waals surface area contributed by atoms with Gasteiger partial charge in [0.05, 0.1) is 11.5 Å². The van der Waals surface area contributed by atoms with Crippen LogP contribution in [-0.4, -0.2) is 38.1 Å². The molecule has 0 aliphatic heterocycles. The Balaban J connectivity index is 1.73. The van der Waals surface area contributed by atoms with E-state index in [0.717, 1.165) is 11.8 Å². The average Bonchev–Trinajstić information content (AvgIpc) is 3.54. The van der Waals surface area contributed by atoms with E-state index < -0.39 is 21.3 Å². The van der Waals surface area contributed by atoms with E-state index in [1.165, 1.54) is 44.0 Å². The fraction of sp³-hybridized carbons (Fsp3) is 0.409. The maximum Gasteiger partial charge on any atom is 0.250 e. The van der Waals surface area contributed by atoms with Gasteiger partial charge in [0, 0.05) is 32.0 Å². The molecule has 1 aliphatic rings. The minimum atomic E-state index is -3.37. The van der Waals surface area contributed by atoms with Gasteiger partial charge < -0.3 is 15.4 Å². The van der Waals surface area contributed by atoms with Crippen molar-refractivity contribution >= 4 is 21.7 Å². The predicted octanol–water partition coefficient (Wildman–Crippen LogP) is 1.94. The van der Waals surface area contributed by atoms with Gasteiger partial charge in [-0.05, 0) is 55.0 Å². The highest BCUT2D eigenvalue weighted by Crippen LogP contribution is 2.29. The Morgan fingerprint density at radius 1 is 1.19 bits per heavy atom. The summed E-state index contributed by atoms with van der Waals surface area (Å²) in [6.45, 7) is 3.77. The monoisotopic (exact) mass is 445 g/mol. The third-order valence-corrected chi connectivity index (χ3v) is 6.28. The van der Waals surface area contributed by atoms with Crippen LogP contribution >= 0.6 is 0 Å². The molecule has 1 saturated carbocycles. The van der Waals surface area contributed by atoms with Crippen LogP contribution in [0, 0.1) is 5.92 Å². The maximum atomic E-state index is 13.1. The quantitative estimate of drug-likeness (QED) is 0.610. The van der Waals surface area contributed by atoms with Crippen LogP contribution in [-0.2, 0) is 31.5 Å². The van der Waals surface area contributed by atoms with E-state index in [2.05, 4.69) is 15.6 Å². The number of sulfone groups is 1. The van der Waals surface area contributed by atoms with Crippen molar-refractivity contribution in [2.45, 2.75) is 43.7 Å². The topological polar surface area (TPSA) is 114 Å². The van der Waals surface area contributed by atoms with E-state index in [9.17, 15) is 18.0 Å². The van der Waals surface area contributed by atoms with E-state index in [0.29, 0.717) is 24.0 Å². The molecule has 1 aromatic heterocycles. The number of rotatable bonds is 9. The second-order valence-corrected chi connectivity index (χ2v) is 10.1. The van der Waals surface area contributed by atoms with Gasteiger partial charge in [0.1, 0.15) is 5.54 Å². The molecular formula is C22H27N3O5S. The molecule has 1 aromatic carbocycles. The molecule has 31 heavy (non-hydrogen) atoms. The van der Waals surface area contributed by atoms with Crippen molar-refractivity contribution in [1.82, 2.24) is 15.6 Å². The van der Waals surface area contributed by atoms with Gasteiger partial charge in [-0.2, -0.15) is 0 Å². The molecule has 1 aliphatic carbocycles. The molecule has 8 nitrogen and oxygen atoms in total. The number of pyridine rings is 1. The Labute approximate surface area is 182 Å². The van der Waals surface area contributed by atoms with Crippen LogP contribution in [0.25, 0.3) is 0 Å². The fourth-order valence-corrected chi connectivity index (χ4v) is 3.76. The zero-order chi connectivity index (χ0) is 22.6. The average molecular weight is 446 g/mol. The molecule has 166 valence electrons. The van der Waals surface area contributed by atoms with Gasteiger partial charge in [0.2, 0.25) is 17.7 Å². The summed E-state index contributed by atoms with van der Waals surface area (Å²) in [5.41, 5.74) is -0.0947. The third-order valence-electron chi connectivity index (χ3n) is 5.16. The van der Waals surface area contributed by atoms with Gasteiger partial charge in [0.15, 0.2) is 9.84 Å². The van der Waals surface area contributed by atoms with Gasteiger partial charge in [0.25, 0.3) is 0 Å². The molecule has 0 unspecified atom stereocenters. The fourth-order valence-electron chi connectivity index (χ4n) is 3.13. The molecule has 2 amide bonds. The zero-order valence-electron chi connectivity index (χ0n) is 17.8. The predicted molar refractivity (Wildman–Crippen MR) is 115 cm³/mol. The number of nitrogens with one attached hydrogen (secondary N) is 2. The summed E-state index contributed by atoms with van der Waals surface area (Å²) >= 11 is 0. The highest BCUT2D eigenvalue weighted by atomic mass is 32.2. The Hall–Kier alpha value is -2.94. The van der Waals surface area contributed by atoms with Crippen LogP contribution in [0.15, 0.2) is 47.5 Å². The van der Waals surface area contributed by atoms with E-state index in [-0.39, 0.29) is 17.3 Å². The van der Waals surface area contributed by atoms with Crippen LogP contribution in [0.2, 0.25) is 0 Å². The molecule has 0 bridgehead atoms. The highest BCUT2D eigenvalue weighted by Gasteiger charge is 2.36. The van der Waals surface area contributed by atoms with Crippen LogP contribution < -0.4 is 15.4 Å². The summed E-state index contributed by atoms with van der Waals surface area (Å²) in [4.78, 5) is 29.2. The minimum Gasteiger partial charge on any atom is -0.477 e. The van der Waals surface area contributed by atoms with E-state index in [1.54, 1.807) is 25.3 Å².